The molecule has 0 aliphatic carbocycles. The summed E-state index contributed by atoms with van der Waals surface area (Å²) >= 11 is 6.16. The van der Waals surface area contributed by atoms with Crippen molar-refractivity contribution in [3.63, 3.8) is 0 Å². The van der Waals surface area contributed by atoms with Crippen LogP contribution in [0.3, 0.4) is 0 Å². The summed E-state index contributed by atoms with van der Waals surface area (Å²) in [5.41, 5.74) is 2.39. The molecule has 0 radical (unpaired) electrons. The summed E-state index contributed by atoms with van der Waals surface area (Å²) in [4.78, 5) is 2.48. The van der Waals surface area contributed by atoms with Crippen molar-refractivity contribution in [1.82, 2.24) is 4.90 Å². The average molecular weight is 335 g/mol. The van der Waals surface area contributed by atoms with Crippen LogP contribution in [-0.2, 0) is 6.54 Å². The SMILES string of the molecule is CCN(CC)CCCCNc1cc[n+](CC)c2cc(Cl)ccc12. The second kappa shape index (κ2) is 9.09. The van der Waals surface area contributed by atoms with Gasteiger partial charge in [-0.05, 0) is 51.5 Å². The fourth-order valence-corrected chi connectivity index (χ4v) is 3.12. The van der Waals surface area contributed by atoms with Gasteiger partial charge in [-0.1, -0.05) is 25.4 Å². The zero-order valence-electron chi connectivity index (χ0n) is 14.6. The second-order valence-electron chi connectivity index (χ2n) is 5.84. The Morgan fingerprint density at radius 2 is 1.87 bits per heavy atom. The predicted molar refractivity (Wildman–Crippen MR) is 100 cm³/mol. The molecule has 1 N–H and O–H groups in total. The Kier molecular flexibility index (Phi) is 7.13. The van der Waals surface area contributed by atoms with Crippen LogP contribution in [0, 0.1) is 0 Å². The normalized spacial score (nSPS) is 11.3. The molecular weight excluding hydrogens is 306 g/mol. The highest BCUT2D eigenvalue weighted by atomic mass is 35.5. The third-order valence-electron chi connectivity index (χ3n) is 4.43. The van der Waals surface area contributed by atoms with E-state index in [4.69, 9.17) is 11.6 Å². The van der Waals surface area contributed by atoms with Crippen LogP contribution in [0.5, 0.6) is 0 Å². The Hall–Kier alpha value is -1.32. The minimum atomic E-state index is 0.788. The Morgan fingerprint density at radius 1 is 1.09 bits per heavy atom. The monoisotopic (exact) mass is 334 g/mol. The molecule has 126 valence electrons. The molecule has 0 amide bonds. The maximum atomic E-state index is 6.16. The molecule has 0 aliphatic rings. The molecular formula is C19H29ClN3+. The summed E-state index contributed by atoms with van der Waals surface area (Å²) in [5.74, 6) is 0. The fraction of sp³-hybridized carbons (Fsp3) is 0.526. The van der Waals surface area contributed by atoms with Crippen LogP contribution < -0.4 is 9.88 Å². The highest BCUT2D eigenvalue weighted by Crippen LogP contribution is 2.23. The number of aryl methyl sites for hydroxylation is 1. The number of anilines is 1. The highest BCUT2D eigenvalue weighted by molar-refractivity contribution is 6.31. The molecule has 1 heterocycles. The number of fused-ring (bicyclic) bond motifs is 1. The lowest BCUT2D eigenvalue weighted by Gasteiger charge is -2.17. The molecule has 2 rings (SSSR count). The van der Waals surface area contributed by atoms with Gasteiger partial charge >= 0.3 is 0 Å². The molecule has 0 atom stereocenters. The number of rotatable bonds is 9. The van der Waals surface area contributed by atoms with E-state index in [1.54, 1.807) is 0 Å². The molecule has 1 aromatic heterocycles. The summed E-state index contributed by atoms with van der Waals surface area (Å²) in [5, 5.41) is 5.62. The van der Waals surface area contributed by atoms with Gasteiger partial charge in [-0.25, -0.2) is 0 Å². The first kappa shape index (κ1) is 18.0. The maximum Gasteiger partial charge on any atom is 0.216 e. The van der Waals surface area contributed by atoms with Crippen LogP contribution in [0.1, 0.15) is 33.6 Å². The van der Waals surface area contributed by atoms with Crippen molar-refractivity contribution in [3.8, 4) is 0 Å². The van der Waals surface area contributed by atoms with E-state index in [9.17, 15) is 0 Å². The number of unbranched alkanes of at least 4 members (excludes halogenated alkanes) is 1. The number of nitrogens with zero attached hydrogens (tertiary/aromatic N) is 2. The van der Waals surface area contributed by atoms with Gasteiger partial charge in [0.15, 0.2) is 6.20 Å². The lowest BCUT2D eigenvalue weighted by Crippen LogP contribution is -2.32. The first-order valence-electron chi connectivity index (χ1n) is 8.77. The van der Waals surface area contributed by atoms with Gasteiger partial charge < -0.3 is 10.2 Å². The van der Waals surface area contributed by atoms with Gasteiger partial charge in [0.05, 0.1) is 11.1 Å². The van der Waals surface area contributed by atoms with E-state index in [1.807, 2.05) is 12.1 Å². The van der Waals surface area contributed by atoms with Crippen molar-refractivity contribution in [3.05, 3.63) is 35.5 Å². The molecule has 0 fully saturated rings. The van der Waals surface area contributed by atoms with Crippen molar-refractivity contribution in [2.45, 2.75) is 40.2 Å². The third kappa shape index (κ3) is 4.82. The topological polar surface area (TPSA) is 19.1 Å². The van der Waals surface area contributed by atoms with Crippen LogP contribution in [0.15, 0.2) is 30.5 Å². The number of hydrogen-bond acceptors (Lipinski definition) is 2. The predicted octanol–water partition coefficient (Wildman–Crippen LogP) is 4.33. The fourth-order valence-electron chi connectivity index (χ4n) is 2.96. The van der Waals surface area contributed by atoms with Crippen LogP contribution in [0.25, 0.3) is 10.9 Å². The summed E-state index contributed by atoms with van der Waals surface area (Å²) < 4.78 is 2.23. The van der Waals surface area contributed by atoms with Gasteiger partial charge in [-0.2, -0.15) is 4.57 Å². The van der Waals surface area contributed by atoms with Crippen LogP contribution in [-0.4, -0.2) is 31.1 Å². The number of nitrogens with one attached hydrogen (secondary N) is 1. The van der Waals surface area contributed by atoms with Crippen molar-refractivity contribution in [1.29, 1.82) is 0 Å². The van der Waals surface area contributed by atoms with Crippen molar-refractivity contribution in [2.24, 2.45) is 0 Å². The highest BCUT2D eigenvalue weighted by Gasteiger charge is 2.11. The van der Waals surface area contributed by atoms with E-state index >= 15 is 0 Å². The number of hydrogen-bond donors (Lipinski definition) is 1. The minimum absolute atomic E-state index is 0.788. The molecule has 0 unspecified atom stereocenters. The van der Waals surface area contributed by atoms with Gasteiger partial charge in [-0.15, -0.1) is 0 Å². The molecule has 0 spiro atoms. The van der Waals surface area contributed by atoms with Gasteiger partial charge in [-0.3, -0.25) is 0 Å². The van der Waals surface area contributed by atoms with Crippen molar-refractivity contribution >= 4 is 28.2 Å². The zero-order valence-corrected chi connectivity index (χ0v) is 15.4. The second-order valence-corrected chi connectivity index (χ2v) is 6.27. The first-order valence-corrected chi connectivity index (χ1v) is 9.15. The summed E-state index contributed by atoms with van der Waals surface area (Å²) in [6.07, 6.45) is 4.56. The van der Waals surface area contributed by atoms with E-state index in [-0.39, 0.29) is 0 Å². The smallest absolute Gasteiger partial charge is 0.216 e. The van der Waals surface area contributed by atoms with Crippen molar-refractivity contribution in [2.75, 3.05) is 31.5 Å². The van der Waals surface area contributed by atoms with Gasteiger partial charge in [0.1, 0.15) is 6.54 Å². The summed E-state index contributed by atoms with van der Waals surface area (Å²) in [6, 6.07) is 8.30. The maximum absolute atomic E-state index is 6.16. The van der Waals surface area contributed by atoms with Crippen LogP contribution >= 0.6 is 11.6 Å². The largest absolute Gasteiger partial charge is 0.384 e. The molecule has 0 aliphatic heterocycles. The van der Waals surface area contributed by atoms with Crippen molar-refractivity contribution < 1.29 is 4.57 Å². The van der Waals surface area contributed by atoms with E-state index in [2.05, 4.69) is 53.9 Å². The number of benzene rings is 1. The van der Waals surface area contributed by atoms with E-state index < -0.39 is 0 Å². The number of pyridine rings is 1. The third-order valence-corrected chi connectivity index (χ3v) is 4.67. The average Bonchev–Trinajstić information content (AvgIpc) is 2.57. The molecule has 2 aromatic rings. The lowest BCUT2D eigenvalue weighted by molar-refractivity contribution is -0.667. The molecule has 23 heavy (non-hydrogen) atoms. The molecule has 0 saturated heterocycles. The van der Waals surface area contributed by atoms with Crippen LogP contribution in [0.2, 0.25) is 5.02 Å². The molecule has 3 nitrogen and oxygen atoms in total. The Labute approximate surface area is 145 Å². The van der Waals surface area contributed by atoms with Gasteiger partial charge in [0.2, 0.25) is 5.52 Å². The van der Waals surface area contributed by atoms with E-state index in [0.717, 1.165) is 31.2 Å². The van der Waals surface area contributed by atoms with E-state index in [0.29, 0.717) is 0 Å². The zero-order chi connectivity index (χ0) is 16.7. The standard InChI is InChI=1S/C19H28ClN3/c1-4-22(5-2)13-8-7-12-21-18-11-14-23(6-3)19-15-16(20)9-10-17(18)19/h9-11,14-15H,4-8,12-13H2,1-3H3/p+1. The lowest BCUT2D eigenvalue weighted by atomic mass is 10.1. The van der Waals surface area contributed by atoms with Crippen LogP contribution in [0.4, 0.5) is 5.69 Å². The molecule has 1 aromatic carbocycles. The molecule has 0 saturated carbocycles. The minimum Gasteiger partial charge on any atom is -0.384 e. The van der Waals surface area contributed by atoms with Gasteiger partial charge in [0, 0.05) is 23.7 Å². The number of aromatic nitrogens is 1. The summed E-state index contributed by atoms with van der Waals surface area (Å²) in [6.45, 7) is 12.0. The first-order chi connectivity index (χ1) is 11.2. The summed E-state index contributed by atoms with van der Waals surface area (Å²) in [7, 11) is 0. The quantitative estimate of drug-likeness (QED) is 0.543. The Balaban J connectivity index is 1.98. The molecule has 0 bridgehead atoms. The Morgan fingerprint density at radius 3 is 2.57 bits per heavy atom. The Bertz CT molecular complexity index is 623. The van der Waals surface area contributed by atoms with Gasteiger partial charge in [0.25, 0.3) is 0 Å². The van der Waals surface area contributed by atoms with E-state index in [1.165, 1.54) is 36.0 Å². The molecule has 4 heteroatoms. The number of halogens is 1.